The number of azide groups is 1. The highest BCUT2D eigenvalue weighted by Crippen LogP contribution is 2.20. The quantitative estimate of drug-likeness (QED) is 0.206. The van der Waals surface area contributed by atoms with E-state index in [1.807, 2.05) is 0 Å². The molecule has 1 rings (SSSR count). The first-order valence-corrected chi connectivity index (χ1v) is 6.11. The summed E-state index contributed by atoms with van der Waals surface area (Å²) in [6, 6.07) is 4.41. The second-order valence-corrected chi connectivity index (χ2v) is 4.12. The van der Waals surface area contributed by atoms with Crippen molar-refractivity contribution in [3.8, 4) is 0 Å². The number of rotatable bonds is 7. The van der Waals surface area contributed by atoms with Crippen molar-refractivity contribution in [3.05, 3.63) is 49.9 Å². The first kappa shape index (κ1) is 15.5. The summed E-state index contributed by atoms with van der Waals surface area (Å²) in [5, 5.41) is 16.9. The molecular weight excluding hydrogens is 262 g/mol. The van der Waals surface area contributed by atoms with Gasteiger partial charge in [-0.1, -0.05) is 11.2 Å². The van der Waals surface area contributed by atoms with E-state index >= 15 is 0 Å². The molecule has 0 saturated carbocycles. The molecular formula is C12H15N5O3. The molecule has 0 heterocycles. The van der Waals surface area contributed by atoms with Gasteiger partial charge in [-0.3, -0.25) is 14.9 Å². The maximum absolute atomic E-state index is 11.9. The van der Waals surface area contributed by atoms with Crippen molar-refractivity contribution in [2.24, 2.45) is 5.11 Å². The van der Waals surface area contributed by atoms with Crippen molar-refractivity contribution in [3.63, 3.8) is 0 Å². The zero-order valence-corrected chi connectivity index (χ0v) is 11.1. The predicted octanol–water partition coefficient (Wildman–Crippen LogP) is 2.72. The molecule has 0 fully saturated rings. The van der Waals surface area contributed by atoms with Crippen LogP contribution in [-0.2, 0) is 0 Å². The molecule has 106 valence electrons. The molecule has 1 amide bonds. The summed E-state index contributed by atoms with van der Waals surface area (Å²) in [6.07, 6.45) is 1.36. The SMILES string of the molecule is Cc1c(C(=O)NCCCCN=[N+]=[N-])cccc1[N+](=O)[O-]. The molecule has 0 spiro atoms. The fourth-order valence-electron chi connectivity index (χ4n) is 1.72. The lowest BCUT2D eigenvalue weighted by atomic mass is 10.1. The van der Waals surface area contributed by atoms with Gasteiger partial charge in [0.15, 0.2) is 0 Å². The molecule has 0 bridgehead atoms. The lowest BCUT2D eigenvalue weighted by Crippen LogP contribution is -2.25. The van der Waals surface area contributed by atoms with Crippen molar-refractivity contribution >= 4 is 11.6 Å². The molecule has 1 N–H and O–H groups in total. The van der Waals surface area contributed by atoms with Crippen LogP contribution in [0.3, 0.4) is 0 Å². The van der Waals surface area contributed by atoms with E-state index in [-0.39, 0.29) is 11.6 Å². The molecule has 0 unspecified atom stereocenters. The molecule has 8 nitrogen and oxygen atoms in total. The van der Waals surface area contributed by atoms with E-state index in [0.29, 0.717) is 37.1 Å². The van der Waals surface area contributed by atoms with E-state index < -0.39 is 4.92 Å². The summed E-state index contributed by atoms with van der Waals surface area (Å²) in [6.45, 7) is 2.37. The average Bonchev–Trinajstić information content (AvgIpc) is 2.42. The third-order valence-electron chi connectivity index (χ3n) is 2.78. The smallest absolute Gasteiger partial charge is 0.273 e. The topological polar surface area (TPSA) is 121 Å². The highest BCUT2D eigenvalue weighted by Gasteiger charge is 2.17. The molecule has 0 aliphatic heterocycles. The van der Waals surface area contributed by atoms with Crippen LogP contribution in [0, 0.1) is 17.0 Å². The van der Waals surface area contributed by atoms with Gasteiger partial charge in [-0.25, -0.2) is 0 Å². The van der Waals surface area contributed by atoms with E-state index in [2.05, 4.69) is 15.3 Å². The second kappa shape index (κ2) is 7.75. The van der Waals surface area contributed by atoms with Crippen LogP contribution >= 0.6 is 0 Å². The number of carbonyl (C=O) groups excluding carboxylic acids is 1. The molecule has 0 aliphatic rings. The van der Waals surface area contributed by atoms with Crippen molar-refractivity contribution < 1.29 is 9.72 Å². The van der Waals surface area contributed by atoms with Gasteiger partial charge < -0.3 is 5.32 Å². The summed E-state index contributed by atoms with van der Waals surface area (Å²) in [5.74, 6) is -0.338. The van der Waals surface area contributed by atoms with Gasteiger partial charge in [-0.05, 0) is 31.4 Å². The number of carbonyl (C=O) groups is 1. The van der Waals surface area contributed by atoms with E-state index in [0.717, 1.165) is 0 Å². The van der Waals surface area contributed by atoms with Gasteiger partial charge in [0.1, 0.15) is 0 Å². The number of amides is 1. The minimum Gasteiger partial charge on any atom is -0.352 e. The summed E-state index contributed by atoms with van der Waals surface area (Å²) >= 11 is 0. The Hall–Kier alpha value is -2.60. The third kappa shape index (κ3) is 4.25. The number of unbranched alkanes of at least 4 members (excludes halogenated alkanes) is 1. The van der Waals surface area contributed by atoms with Crippen LogP contribution in [0.15, 0.2) is 23.3 Å². The number of nitro groups is 1. The molecule has 20 heavy (non-hydrogen) atoms. The lowest BCUT2D eigenvalue weighted by molar-refractivity contribution is -0.385. The minimum absolute atomic E-state index is 0.0685. The molecule has 1 aromatic carbocycles. The van der Waals surface area contributed by atoms with Gasteiger partial charge in [-0.15, -0.1) is 0 Å². The Bertz CT molecular complexity index is 552. The summed E-state index contributed by atoms with van der Waals surface area (Å²) in [4.78, 5) is 24.8. The number of benzene rings is 1. The van der Waals surface area contributed by atoms with Crippen molar-refractivity contribution in [1.82, 2.24) is 5.32 Å². The lowest BCUT2D eigenvalue weighted by Gasteiger charge is -2.07. The number of hydrogen-bond acceptors (Lipinski definition) is 4. The Labute approximate surface area is 115 Å². The van der Waals surface area contributed by atoms with Gasteiger partial charge in [-0.2, -0.15) is 0 Å². The molecule has 0 aromatic heterocycles. The van der Waals surface area contributed by atoms with E-state index in [9.17, 15) is 14.9 Å². The molecule has 8 heteroatoms. The van der Waals surface area contributed by atoms with Crippen LogP contribution in [0.4, 0.5) is 5.69 Å². The number of hydrogen-bond donors (Lipinski definition) is 1. The van der Waals surface area contributed by atoms with E-state index in [1.54, 1.807) is 13.0 Å². The Balaban J connectivity index is 2.58. The van der Waals surface area contributed by atoms with Crippen LogP contribution in [0.25, 0.3) is 10.4 Å². The van der Waals surface area contributed by atoms with Crippen molar-refractivity contribution in [2.45, 2.75) is 19.8 Å². The predicted molar refractivity (Wildman–Crippen MR) is 73.4 cm³/mol. The zero-order chi connectivity index (χ0) is 15.0. The minimum atomic E-state index is -0.508. The van der Waals surface area contributed by atoms with Crippen LogP contribution in [0.1, 0.15) is 28.8 Å². The van der Waals surface area contributed by atoms with Gasteiger partial charge in [0.2, 0.25) is 0 Å². The maximum Gasteiger partial charge on any atom is 0.273 e. The molecule has 0 saturated heterocycles. The normalized spacial score (nSPS) is 9.65. The fourth-order valence-corrected chi connectivity index (χ4v) is 1.72. The Morgan fingerprint density at radius 2 is 2.25 bits per heavy atom. The molecule has 0 atom stereocenters. The van der Waals surface area contributed by atoms with Crippen molar-refractivity contribution in [1.29, 1.82) is 0 Å². The van der Waals surface area contributed by atoms with Crippen LogP contribution < -0.4 is 5.32 Å². The van der Waals surface area contributed by atoms with Crippen LogP contribution in [0.5, 0.6) is 0 Å². The van der Waals surface area contributed by atoms with Gasteiger partial charge in [0, 0.05) is 35.2 Å². The van der Waals surface area contributed by atoms with Crippen LogP contribution in [0.2, 0.25) is 0 Å². The summed E-state index contributed by atoms with van der Waals surface area (Å²) < 4.78 is 0. The summed E-state index contributed by atoms with van der Waals surface area (Å²) in [5.41, 5.74) is 8.68. The zero-order valence-electron chi connectivity index (χ0n) is 11.1. The largest absolute Gasteiger partial charge is 0.352 e. The van der Waals surface area contributed by atoms with E-state index in [4.69, 9.17) is 5.53 Å². The first-order chi connectivity index (χ1) is 9.57. The Morgan fingerprint density at radius 1 is 1.50 bits per heavy atom. The molecule has 0 radical (unpaired) electrons. The maximum atomic E-state index is 11.9. The van der Waals surface area contributed by atoms with Gasteiger partial charge in [0.05, 0.1) is 4.92 Å². The Kier molecular flexibility index (Phi) is 5.99. The van der Waals surface area contributed by atoms with E-state index in [1.165, 1.54) is 12.1 Å². The summed E-state index contributed by atoms with van der Waals surface area (Å²) in [7, 11) is 0. The average molecular weight is 277 g/mol. The third-order valence-corrected chi connectivity index (χ3v) is 2.78. The molecule has 1 aromatic rings. The first-order valence-electron chi connectivity index (χ1n) is 6.11. The fraction of sp³-hybridized carbons (Fsp3) is 0.417. The van der Waals surface area contributed by atoms with Crippen LogP contribution in [-0.4, -0.2) is 23.9 Å². The van der Waals surface area contributed by atoms with Crippen molar-refractivity contribution in [2.75, 3.05) is 13.1 Å². The Morgan fingerprint density at radius 3 is 2.90 bits per heavy atom. The number of nitrogens with one attached hydrogen (secondary N) is 1. The highest BCUT2D eigenvalue weighted by molar-refractivity contribution is 5.96. The standard InChI is InChI=1S/C12H15N5O3/c1-9-10(5-4-6-11(9)17(19)20)12(18)14-7-2-3-8-15-16-13/h4-6H,2-3,7-8H2,1H3,(H,14,18). The van der Waals surface area contributed by atoms with Gasteiger partial charge in [0.25, 0.3) is 11.6 Å². The monoisotopic (exact) mass is 277 g/mol. The number of nitrogens with zero attached hydrogens (tertiary/aromatic N) is 4. The molecule has 0 aliphatic carbocycles. The number of nitro benzene ring substituents is 1. The second-order valence-electron chi connectivity index (χ2n) is 4.12. The van der Waals surface area contributed by atoms with Gasteiger partial charge >= 0.3 is 0 Å². The highest BCUT2D eigenvalue weighted by atomic mass is 16.6.